The molecule has 16 rings (SSSR count). The Hall–Kier alpha value is -16.4. The molecule has 144 heavy (non-hydrogen) atoms. The lowest BCUT2D eigenvalue weighted by Crippen LogP contribution is -2.32. The maximum atomic E-state index is 13.9. The highest BCUT2D eigenvalue weighted by molar-refractivity contribution is 7.92. The van der Waals surface area contributed by atoms with Crippen LogP contribution in [0.5, 0.6) is 5.75 Å². The largest absolute Gasteiger partial charge is 0.495 e. The number of amides is 4. The van der Waals surface area contributed by atoms with Gasteiger partial charge in [0.15, 0.2) is 19.7 Å². The number of aryl methyl sites for hydroxylation is 2. The smallest absolute Gasteiger partial charge is 0.244 e. The predicted molar refractivity (Wildman–Crippen MR) is 547 cm³/mol. The Balaban J connectivity index is 0.000000166. The van der Waals surface area contributed by atoms with E-state index in [0.29, 0.717) is 105 Å². The molecule has 4 amide bonds. The lowest BCUT2D eigenvalue weighted by atomic mass is 10.1. The van der Waals surface area contributed by atoms with Gasteiger partial charge in [-0.05, 0) is 224 Å². The van der Waals surface area contributed by atoms with Crippen molar-refractivity contribution >= 4 is 132 Å². The van der Waals surface area contributed by atoms with Crippen LogP contribution in [0.4, 0.5) is 55.1 Å². The van der Waals surface area contributed by atoms with Crippen LogP contribution in [0, 0.1) is 31.4 Å². The summed E-state index contributed by atoms with van der Waals surface area (Å²) in [5, 5.41) is 14.4. The summed E-state index contributed by atoms with van der Waals surface area (Å²) in [6.45, 7) is 12.8. The lowest BCUT2D eigenvalue weighted by molar-refractivity contribution is -0.117. The van der Waals surface area contributed by atoms with Crippen LogP contribution in [0.3, 0.4) is 0 Å². The molecule has 0 atom stereocenters. The van der Waals surface area contributed by atoms with E-state index in [4.69, 9.17) is 16.2 Å². The summed E-state index contributed by atoms with van der Waals surface area (Å²) >= 11 is 0. The number of Topliss-reactive ketones (excluding diaryl/α,β-unsaturated/α-hetero) is 2. The molecule has 13 aromatic heterocycles. The Morgan fingerprint density at radius 2 is 0.910 bits per heavy atom. The number of ether oxygens (including phenoxy) is 1. The molecular weight excluding hydrogens is 1930 g/mol. The monoisotopic (exact) mass is 2030 g/mol. The zero-order valence-electron chi connectivity index (χ0n) is 80.5. The van der Waals surface area contributed by atoms with Crippen LogP contribution in [0.15, 0.2) is 259 Å². The van der Waals surface area contributed by atoms with Gasteiger partial charge >= 0.3 is 0 Å². The third-order valence-electron chi connectivity index (χ3n) is 21.1. The van der Waals surface area contributed by atoms with Crippen LogP contribution in [0.1, 0.15) is 88.2 Å². The average molecular weight is 2030 g/mol. The number of sulfonamides is 2. The number of rotatable bonds is 28. The van der Waals surface area contributed by atoms with Crippen molar-refractivity contribution in [2.24, 2.45) is 5.92 Å². The Morgan fingerprint density at radius 3 is 1.39 bits per heavy atom. The highest BCUT2D eigenvalue weighted by Gasteiger charge is 2.32. The summed E-state index contributed by atoms with van der Waals surface area (Å²) in [6.07, 6.45) is 28.1. The van der Waals surface area contributed by atoms with Crippen molar-refractivity contribution < 1.29 is 76.0 Å². The third-order valence-corrected chi connectivity index (χ3v) is 27.4. The van der Waals surface area contributed by atoms with E-state index in [1.807, 2.05) is 67.8 Å². The number of ketones is 2. The molecule has 15 aromatic rings. The molecule has 0 saturated heterocycles. The van der Waals surface area contributed by atoms with Crippen molar-refractivity contribution in [1.82, 2.24) is 69.1 Å². The summed E-state index contributed by atoms with van der Waals surface area (Å²) in [5.74, 6) is -0.845. The number of methoxy groups -OCH3 is 1. The molecule has 0 spiro atoms. The number of nitrogen functional groups attached to an aromatic ring is 2. The number of nitrogens with one attached hydrogen (secondary N) is 6. The number of sulfone groups is 2. The molecule has 1 fully saturated rings. The fraction of sp³-hybridized carbons (Fsp3) is 0.208. The molecule has 1 aliphatic rings. The van der Waals surface area contributed by atoms with Crippen molar-refractivity contribution in [3.05, 3.63) is 290 Å². The van der Waals surface area contributed by atoms with Crippen molar-refractivity contribution in [3.8, 4) is 72.5 Å². The van der Waals surface area contributed by atoms with E-state index in [9.17, 15) is 71.2 Å². The first-order valence-electron chi connectivity index (χ1n) is 44.1. The number of carbonyl (C=O) groups is 6. The number of halogens is 2. The first-order chi connectivity index (χ1) is 68.3. The van der Waals surface area contributed by atoms with Crippen molar-refractivity contribution in [2.45, 2.75) is 107 Å². The van der Waals surface area contributed by atoms with E-state index in [1.54, 1.807) is 143 Å². The minimum Gasteiger partial charge on any atom is -0.495 e. The van der Waals surface area contributed by atoms with Gasteiger partial charge in [-0.3, -0.25) is 58.0 Å². The molecule has 2 aromatic carbocycles. The Morgan fingerprint density at radius 1 is 0.458 bits per heavy atom. The first-order valence-corrected chi connectivity index (χ1v) is 50.7. The molecule has 0 aliphatic heterocycles. The second kappa shape index (κ2) is 48.7. The molecule has 1 saturated carbocycles. The number of fused-ring (bicyclic) bond motifs is 1. The van der Waals surface area contributed by atoms with Gasteiger partial charge in [0.1, 0.15) is 84.2 Å². The standard InChI is InChI=1S/C22H23N3O4S.C19H16F2N4O3S.C19H24N4O3S.C15H13N3O.C14H16N4O3S.C12H12N4O/c1-14-5-6-21(20(9-14)29-4)30(27,28)13-19-10-18(12-24-15(19)2)17-7-8-23-22(11-17)25-16(3)26;1-11(26)25-18-7-12(4-5-23-18)14-6-17(19(22)24-9-14)29(27,28)10-13-2-3-15(20)8-16(13)21;1-13(24)8-17-9-15(6-7-21-17)16-10-18(19(20-2)22-11-16)23(27(3,25)26)12-14-4-5-14;1-10(19)6-14-8-11(2-4-16-14)13-7-12-3-5-17-15(12)18-9-13;1-10(19)17-14-7-11(4-5-16-14)12-6-13(9-15-8-12)22(20,21)18(2)3;1-8(17)16-12-5-9(2-3-15-12)10-4-11(13)7-14-6-10/h5-12H,13H2,1-4H3,(H,23,25,26);2-9H,10H2,1H3,(H2,22,24)(H,23,25,26);6-7,9-11,14H,4-5,8,12H2,1-3H3,(H,20,22);2-5,7-9H,6H2,1H3,(H,17,18);4-9H,1-3H3,(H,16,17,19);2-7H,13H2,1H3,(H,15,16,17). The van der Waals surface area contributed by atoms with E-state index in [2.05, 4.69) is 97.4 Å². The van der Waals surface area contributed by atoms with Crippen LogP contribution in [0.25, 0.3) is 77.8 Å². The molecular formula is C101H104F2N22O15S4. The highest BCUT2D eigenvalue weighted by Crippen LogP contribution is 2.39. The maximum Gasteiger partial charge on any atom is 0.244 e. The number of hydrogen-bond donors (Lipinski definition) is 8. The van der Waals surface area contributed by atoms with E-state index >= 15 is 0 Å². The fourth-order valence-electron chi connectivity index (χ4n) is 14.0. The zero-order valence-corrected chi connectivity index (χ0v) is 83.8. The van der Waals surface area contributed by atoms with Crippen molar-refractivity contribution in [2.75, 3.05) is 83.4 Å². The first kappa shape index (κ1) is 108. The van der Waals surface area contributed by atoms with Gasteiger partial charge in [-0.2, -0.15) is 0 Å². The number of hydrogen-bond acceptors (Lipinski definition) is 30. The molecule has 746 valence electrons. The minimum atomic E-state index is -4.07. The number of pyridine rings is 12. The Labute approximate surface area is 831 Å². The van der Waals surface area contributed by atoms with Gasteiger partial charge in [-0.15, -0.1) is 0 Å². The van der Waals surface area contributed by atoms with Gasteiger partial charge in [-0.25, -0.2) is 81.6 Å². The van der Waals surface area contributed by atoms with Crippen LogP contribution in [0.2, 0.25) is 0 Å². The second-order valence-electron chi connectivity index (χ2n) is 33.2. The normalized spacial score (nSPS) is 11.6. The summed E-state index contributed by atoms with van der Waals surface area (Å²) in [7, 11) is -8.61. The van der Waals surface area contributed by atoms with Gasteiger partial charge in [-0.1, -0.05) is 12.1 Å². The summed E-state index contributed by atoms with van der Waals surface area (Å²) < 4.78 is 136. The predicted octanol–water partition coefficient (Wildman–Crippen LogP) is 14.9. The fourth-order valence-corrected chi connectivity index (χ4v) is 18.9. The Bertz CT molecular complexity index is 7780. The number of aromatic nitrogens is 13. The average Bonchev–Trinajstić information content (AvgIpc) is 1.78. The molecule has 0 bridgehead atoms. The number of anilines is 8. The van der Waals surface area contributed by atoms with Crippen LogP contribution >= 0.6 is 0 Å². The van der Waals surface area contributed by atoms with Gasteiger partial charge in [0.05, 0.1) is 36.2 Å². The molecule has 10 N–H and O–H groups in total. The summed E-state index contributed by atoms with van der Waals surface area (Å²) in [5.41, 5.74) is 26.1. The maximum absolute atomic E-state index is 13.9. The van der Waals surface area contributed by atoms with Crippen molar-refractivity contribution in [3.63, 3.8) is 0 Å². The number of nitrogens with zero attached hydrogens (tertiary/aromatic N) is 14. The van der Waals surface area contributed by atoms with Gasteiger partial charge in [0.25, 0.3) is 0 Å². The SMILES string of the molecule is CC(=O)Cc1cc(-c2cnc3[nH]ccc3c2)ccn1.CC(=O)Nc1cc(-c2cnc(N)c(S(=O)(=O)Cc3ccc(F)cc3F)c2)ccn1.CC(=O)Nc1cc(-c2cncc(N)c2)ccn1.CC(=O)Nc1cc(-c2cncc(S(=O)(=O)N(C)C)c2)ccn1.CNc1ncc(-c2ccnc(CC(C)=O)c2)cc1N(CC1CC1)S(C)(=O)=O.COc1cc(C)ccc1S(=O)(=O)Cc1cc(-c2ccnc(NC(C)=O)c2)cnc1C. The molecule has 1 aliphatic carbocycles. The molecule has 43 heteroatoms. The van der Waals surface area contributed by atoms with Gasteiger partial charge in [0, 0.05) is 229 Å². The van der Waals surface area contributed by atoms with Crippen LogP contribution in [-0.2, 0) is 92.8 Å². The van der Waals surface area contributed by atoms with E-state index in [0.717, 1.165) is 96.1 Å². The van der Waals surface area contributed by atoms with Crippen molar-refractivity contribution in [1.29, 1.82) is 0 Å². The molecule has 37 nitrogen and oxygen atoms in total. The second-order valence-corrected chi connectivity index (χ2v) is 41.2. The van der Waals surface area contributed by atoms with Gasteiger partial charge < -0.3 is 47.8 Å². The Kier molecular flexibility index (Phi) is 36.5. The minimum absolute atomic E-state index is 0.0386. The number of carbonyl (C=O) groups excluding carboxylic acids is 6. The number of benzene rings is 2. The van der Waals surface area contributed by atoms with E-state index in [-0.39, 0.29) is 79.3 Å². The number of H-pyrrole nitrogens is 1. The molecule has 13 heterocycles. The molecule has 0 unspecified atom stereocenters. The topological polar surface area (TPSA) is 537 Å². The number of aromatic amines is 1. The zero-order chi connectivity index (χ0) is 104. The number of nitrogens with two attached hydrogens (primary N) is 2. The quantitative estimate of drug-likeness (QED) is 0.0226. The third kappa shape index (κ3) is 31.1. The van der Waals surface area contributed by atoms with Crippen LogP contribution in [-0.4, -0.2) is 179 Å². The van der Waals surface area contributed by atoms with E-state index in [1.165, 1.54) is 103 Å². The van der Waals surface area contributed by atoms with Gasteiger partial charge in [0.2, 0.25) is 43.7 Å². The molecule has 0 radical (unpaired) electrons. The lowest BCUT2D eigenvalue weighted by Gasteiger charge is -2.24. The highest BCUT2D eigenvalue weighted by atomic mass is 32.2. The summed E-state index contributed by atoms with van der Waals surface area (Å²) in [6, 6.07) is 41.2. The van der Waals surface area contributed by atoms with E-state index < -0.39 is 57.1 Å². The van der Waals surface area contributed by atoms with Crippen LogP contribution < -0.4 is 47.1 Å². The summed E-state index contributed by atoms with van der Waals surface area (Å²) in [4.78, 5) is 120.